The standard InChI is InChI=1S/C26H26FN3O2/c27-23-6-3-4-21(14-23)15-25(31)29-17-26(32)28-16-19-8-10-20(11-9-19)18-30-13-12-22-5-1-2-7-24(22)30/h1-11,14H,12-13,15-18H2,(H,28,32)(H,29,31). The molecule has 2 N–H and O–H groups in total. The predicted molar refractivity (Wildman–Crippen MR) is 123 cm³/mol. The summed E-state index contributed by atoms with van der Waals surface area (Å²) in [7, 11) is 0. The van der Waals surface area contributed by atoms with E-state index in [-0.39, 0.29) is 30.6 Å². The van der Waals surface area contributed by atoms with E-state index in [1.54, 1.807) is 12.1 Å². The first-order valence-electron chi connectivity index (χ1n) is 10.8. The Bertz CT molecular complexity index is 1100. The van der Waals surface area contributed by atoms with E-state index in [1.165, 1.54) is 28.9 Å². The minimum absolute atomic E-state index is 0.0357. The van der Waals surface area contributed by atoms with Crippen molar-refractivity contribution in [3.63, 3.8) is 0 Å². The number of amides is 2. The predicted octanol–water partition coefficient (Wildman–Crippen LogP) is 3.36. The molecule has 1 aliphatic heterocycles. The van der Waals surface area contributed by atoms with Crippen LogP contribution in [0.5, 0.6) is 0 Å². The minimum atomic E-state index is -0.385. The highest BCUT2D eigenvalue weighted by Crippen LogP contribution is 2.28. The van der Waals surface area contributed by atoms with Gasteiger partial charge < -0.3 is 15.5 Å². The number of nitrogens with one attached hydrogen (secondary N) is 2. The van der Waals surface area contributed by atoms with Crippen LogP contribution in [0, 0.1) is 5.82 Å². The number of carbonyl (C=O) groups is 2. The minimum Gasteiger partial charge on any atom is -0.367 e. The smallest absolute Gasteiger partial charge is 0.239 e. The van der Waals surface area contributed by atoms with Crippen molar-refractivity contribution in [3.05, 3.63) is 101 Å². The van der Waals surface area contributed by atoms with Crippen molar-refractivity contribution in [3.8, 4) is 0 Å². The lowest BCUT2D eigenvalue weighted by Crippen LogP contribution is -2.37. The van der Waals surface area contributed by atoms with Crippen molar-refractivity contribution in [2.24, 2.45) is 0 Å². The molecule has 0 aliphatic carbocycles. The molecule has 0 aromatic heterocycles. The fourth-order valence-electron chi connectivity index (χ4n) is 3.89. The number of hydrogen-bond donors (Lipinski definition) is 2. The third-order valence-electron chi connectivity index (χ3n) is 5.57. The van der Waals surface area contributed by atoms with Gasteiger partial charge in [0.2, 0.25) is 11.8 Å². The van der Waals surface area contributed by atoms with Gasteiger partial charge in [-0.15, -0.1) is 0 Å². The monoisotopic (exact) mass is 431 g/mol. The quantitative estimate of drug-likeness (QED) is 0.575. The van der Waals surface area contributed by atoms with Crippen LogP contribution in [-0.4, -0.2) is 24.9 Å². The Kier molecular flexibility index (Phi) is 6.80. The number of anilines is 1. The molecule has 0 saturated carbocycles. The van der Waals surface area contributed by atoms with Crippen LogP contribution < -0.4 is 15.5 Å². The number of nitrogens with zero attached hydrogens (tertiary/aromatic N) is 1. The van der Waals surface area contributed by atoms with Crippen LogP contribution in [0.2, 0.25) is 0 Å². The van der Waals surface area contributed by atoms with E-state index in [4.69, 9.17) is 0 Å². The van der Waals surface area contributed by atoms with Crippen molar-refractivity contribution >= 4 is 17.5 Å². The van der Waals surface area contributed by atoms with Crippen molar-refractivity contribution < 1.29 is 14.0 Å². The van der Waals surface area contributed by atoms with Crippen LogP contribution in [0.3, 0.4) is 0 Å². The molecule has 164 valence electrons. The molecular weight excluding hydrogens is 405 g/mol. The van der Waals surface area contributed by atoms with E-state index in [0.29, 0.717) is 12.1 Å². The lowest BCUT2D eigenvalue weighted by Gasteiger charge is -2.19. The third kappa shape index (κ3) is 5.72. The van der Waals surface area contributed by atoms with Crippen molar-refractivity contribution in [2.45, 2.75) is 25.9 Å². The van der Waals surface area contributed by atoms with Crippen LogP contribution in [0.15, 0.2) is 72.8 Å². The molecule has 3 aromatic carbocycles. The van der Waals surface area contributed by atoms with Gasteiger partial charge in [-0.1, -0.05) is 54.6 Å². The summed E-state index contributed by atoms with van der Waals surface area (Å²) in [6.45, 7) is 2.18. The molecule has 0 radical (unpaired) electrons. The first kappa shape index (κ1) is 21.6. The number of benzene rings is 3. The van der Waals surface area contributed by atoms with Gasteiger partial charge in [0.05, 0.1) is 13.0 Å². The Morgan fingerprint density at radius 1 is 0.844 bits per heavy atom. The summed E-state index contributed by atoms with van der Waals surface area (Å²) < 4.78 is 13.2. The highest BCUT2D eigenvalue weighted by atomic mass is 19.1. The van der Waals surface area contributed by atoms with E-state index in [0.717, 1.165) is 25.1 Å². The van der Waals surface area contributed by atoms with E-state index < -0.39 is 0 Å². The zero-order valence-electron chi connectivity index (χ0n) is 17.8. The Labute approximate surface area is 187 Å². The SMILES string of the molecule is O=C(CNC(=O)Cc1cccc(F)c1)NCc1ccc(CN2CCc3ccccc32)cc1. The number of fused-ring (bicyclic) bond motifs is 1. The van der Waals surface area contributed by atoms with Crippen LogP contribution >= 0.6 is 0 Å². The van der Waals surface area contributed by atoms with Crippen LogP contribution in [0.25, 0.3) is 0 Å². The normalized spacial score (nSPS) is 12.3. The zero-order chi connectivity index (χ0) is 22.3. The molecule has 0 bridgehead atoms. The second-order valence-electron chi connectivity index (χ2n) is 7.98. The molecule has 0 saturated heterocycles. The summed E-state index contributed by atoms with van der Waals surface area (Å²) >= 11 is 0. The summed E-state index contributed by atoms with van der Waals surface area (Å²) in [5.41, 5.74) is 5.50. The van der Waals surface area contributed by atoms with Crippen molar-refractivity contribution in [1.82, 2.24) is 10.6 Å². The van der Waals surface area contributed by atoms with E-state index in [2.05, 4.69) is 51.9 Å². The number of para-hydroxylation sites is 1. The fourth-order valence-corrected chi connectivity index (χ4v) is 3.89. The summed E-state index contributed by atoms with van der Waals surface area (Å²) in [6, 6.07) is 22.6. The maximum atomic E-state index is 13.2. The molecule has 5 nitrogen and oxygen atoms in total. The van der Waals surface area contributed by atoms with Gasteiger partial charge in [0, 0.05) is 25.3 Å². The maximum Gasteiger partial charge on any atom is 0.239 e. The summed E-state index contributed by atoms with van der Waals surface area (Å²) in [6.07, 6.45) is 1.12. The average molecular weight is 432 g/mol. The van der Waals surface area contributed by atoms with Gasteiger partial charge >= 0.3 is 0 Å². The Morgan fingerprint density at radius 3 is 2.44 bits per heavy atom. The van der Waals surface area contributed by atoms with Gasteiger partial charge in [-0.2, -0.15) is 0 Å². The number of halogens is 1. The van der Waals surface area contributed by atoms with Gasteiger partial charge in [0.25, 0.3) is 0 Å². The van der Waals surface area contributed by atoms with Gasteiger partial charge in [0.1, 0.15) is 5.82 Å². The molecular formula is C26H26FN3O2. The van der Waals surface area contributed by atoms with Crippen molar-refractivity contribution in [1.29, 1.82) is 0 Å². The molecule has 0 unspecified atom stereocenters. The average Bonchev–Trinajstić information content (AvgIpc) is 3.20. The molecule has 6 heteroatoms. The molecule has 2 amide bonds. The second kappa shape index (κ2) is 10.1. The topological polar surface area (TPSA) is 61.4 Å². The van der Waals surface area contributed by atoms with Gasteiger partial charge in [-0.25, -0.2) is 4.39 Å². The second-order valence-corrected chi connectivity index (χ2v) is 7.98. The molecule has 0 atom stereocenters. The Hall–Kier alpha value is -3.67. The van der Waals surface area contributed by atoms with Crippen LogP contribution in [0.4, 0.5) is 10.1 Å². The van der Waals surface area contributed by atoms with Crippen molar-refractivity contribution in [2.75, 3.05) is 18.0 Å². The summed E-state index contributed by atoms with van der Waals surface area (Å²) in [4.78, 5) is 26.4. The summed E-state index contributed by atoms with van der Waals surface area (Å²) in [5.74, 6) is -0.974. The Morgan fingerprint density at radius 2 is 1.62 bits per heavy atom. The molecule has 32 heavy (non-hydrogen) atoms. The zero-order valence-corrected chi connectivity index (χ0v) is 17.8. The molecule has 4 rings (SSSR count). The number of rotatable bonds is 8. The Balaban J connectivity index is 1.19. The number of carbonyl (C=O) groups excluding carboxylic acids is 2. The van der Waals surface area contributed by atoms with Crippen LogP contribution in [0.1, 0.15) is 22.3 Å². The molecule has 1 aliphatic rings. The lowest BCUT2D eigenvalue weighted by molar-refractivity contribution is -0.125. The van der Waals surface area contributed by atoms with E-state index in [9.17, 15) is 14.0 Å². The highest BCUT2D eigenvalue weighted by molar-refractivity contribution is 5.85. The lowest BCUT2D eigenvalue weighted by atomic mass is 10.1. The van der Waals surface area contributed by atoms with Gasteiger partial charge in [-0.3, -0.25) is 9.59 Å². The highest BCUT2D eigenvalue weighted by Gasteiger charge is 2.18. The first-order chi connectivity index (χ1) is 15.6. The largest absolute Gasteiger partial charge is 0.367 e. The molecule has 0 fully saturated rings. The van der Waals surface area contributed by atoms with E-state index in [1.807, 2.05) is 12.1 Å². The third-order valence-corrected chi connectivity index (χ3v) is 5.57. The first-order valence-corrected chi connectivity index (χ1v) is 10.8. The molecule has 1 heterocycles. The fraction of sp³-hybridized carbons (Fsp3) is 0.231. The van der Waals surface area contributed by atoms with Gasteiger partial charge in [-0.05, 0) is 46.9 Å². The van der Waals surface area contributed by atoms with E-state index >= 15 is 0 Å². The molecule has 3 aromatic rings. The maximum absolute atomic E-state index is 13.2. The summed E-state index contributed by atoms with van der Waals surface area (Å²) in [5, 5.41) is 5.37. The molecule has 0 spiro atoms. The number of hydrogen-bond acceptors (Lipinski definition) is 3. The van der Waals surface area contributed by atoms with Gasteiger partial charge in [0.15, 0.2) is 0 Å². The van der Waals surface area contributed by atoms with Crippen LogP contribution in [-0.2, 0) is 35.5 Å².